The predicted molar refractivity (Wildman–Crippen MR) is 69.6 cm³/mol. The molecule has 4 nitrogen and oxygen atoms in total. The number of carboxylic acid groups (broad SMARTS) is 1. The number of rotatable bonds is 8. The van der Waals surface area contributed by atoms with Crippen molar-refractivity contribution in [2.24, 2.45) is 5.92 Å². The number of ether oxygens (including phenoxy) is 1. The molecule has 0 amide bonds. The SMILES string of the molecule is O=C(O)C(CCOCC1CCCCC1)NC1CC1. The van der Waals surface area contributed by atoms with Gasteiger partial charge >= 0.3 is 5.97 Å². The van der Waals surface area contributed by atoms with Gasteiger partial charge in [-0.3, -0.25) is 4.79 Å². The summed E-state index contributed by atoms with van der Waals surface area (Å²) in [6, 6.07) is 0.00769. The van der Waals surface area contributed by atoms with E-state index in [0.717, 1.165) is 19.4 Å². The topological polar surface area (TPSA) is 58.6 Å². The summed E-state index contributed by atoms with van der Waals surface area (Å²) in [4.78, 5) is 11.0. The molecule has 2 saturated carbocycles. The molecular formula is C14H25NO3. The lowest BCUT2D eigenvalue weighted by molar-refractivity contribution is -0.140. The first kappa shape index (κ1) is 13.8. The van der Waals surface area contributed by atoms with Gasteiger partial charge < -0.3 is 15.2 Å². The van der Waals surface area contributed by atoms with Gasteiger partial charge in [-0.15, -0.1) is 0 Å². The highest BCUT2D eigenvalue weighted by Crippen LogP contribution is 2.24. The van der Waals surface area contributed by atoms with Gasteiger partial charge in [0.1, 0.15) is 6.04 Å². The Morgan fingerprint density at radius 3 is 2.56 bits per heavy atom. The summed E-state index contributed by atoms with van der Waals surface area (Å²) >= 11 is 0. The van der Waals surface area contributed by atoms with E-state index >= 15 is 0 Å². The van der Waals surface area contributed by atoms with E-state index in [0.29, 0.717) is 25.0 Å². The van der Waals surface area contributed by atoms with Gasteiger partial charge in [-0.1, -0.05) is 19.3 Å². The molecule has 1 unspecified atom stereocenters. The van der Waals surface area contributed by atoms with Crippen LogP contribution in [0.3, 0.4) is 0 Å². The van der Waals surface area contributed by atoms with Crippen LogP contribution in [0, 0.1) is 5.92 Å². The molecule has 0 aliphatic heterocycles. The Balaban J connectivity index is 1.55. The van der Waals surface area contributed by atoms with Gasteiger partial charge in [0.25, 0.3) is 0 Å². The maximum atomic E-state index is 11.0. The van der Waals surface area contributed by atoms with Crippen molar-refractivity contribution in [3.8, 4) is 0 Å². The molecule has 104 valence electrons. The molecule has 2 aliphatic carbocycles. The van der Waals surface area contributed by atoms with E-state index in [1.165, 1.54) is 32.1 Å². The number of carboxylic acids is 1. The quantitative estimate of drug-likeness (QED) is 0.653. The lowest BCUT2D eigenvalue weighted by atomic mass is 9.90. The molecule has 0 bridgehead atoms. The molecule has 2 fully saturated rings. The molecule has 0 aromatic heterocycles. The van der Waals surface area contributed by atoms with E-state index in [9.17, 15) is 4.79 Å². The highest BCUT2D eigenvalue weighted by atomic mass is 16.5. The zero-order valence-electron chi connectivity index (χ0n) is 11.1. The Kier molecular flexibility index (Phi) is 5.45. The second kappa shape index (κ2) is 7.10. The third-order valence-electron chi connectivity index (χ3n) is 3.94. The minimum absolute atomic E-state index is 0.427. The van der Waals surface area contributed by atoms with Gasteiger partial charge in [0.05, 0.1) is 0 Å². The Morgan fingerprint density at radius 2 is 1.94 bits per heavy atom. The smallest absolute Gasteiger partial charge is 0.320 e. The van der Waals surface area contributed by atoms with Crippen LogP contribution in [0.2, 0.25) is 0 Å². The fraction of sp³-hybridized carbons (Fsp3) is 0.929. The molecule has 0 spiro atoms. The normalized spacial score (nSPS) is 22.9. The lowest BCUT2D eigenvalue weighted by Gasteiger charge is -2.21. The van der Waals surface area contributed by atoms with Crippen LogP contribution in [0.1, 0.15) is 51.4 Å². The van der Waals surface area contributed by atoms with Crippen LogP contribution in [0.15, 0.2) is 0 Å². The van der Waals surface area contributed by atoms with Gasteiger partial charge in [0.15, 0.2) is 0 Å². The molecule has 2 rings (SSSR count). The standard InChI is InChI=1S/C14H25NO3/c16-14(17)13(15-12-6-7-12)8-9-18-10-11-4-2-1-3-5-11/h11-13,15H,1-10H2,(H,16,17). The van der Waals surface area contributed by atoms with E-state index in [1.807, 2.05) is 0 Å². The largest absolute Gasteiger partial charge is 0.480 e. The Morgan fingerprint density at radius 1 is 1.22 bits per heavy atom. The Hall–Kier alpha value is -0.610. The van der Waals surface area contributed by atoms with E-state index in [1.54, 1.807) is 0 Å². The molecule has 0 radical (unpaired) electrons. The van der Waals surface area contributed by atoms with Crippen LogP contribution in [0.5, 0.6) is 0 Å². The Labute approximate surface area is 109 Å². The third-order valence-corrected chi connectivity index (χ3v) is 3.94. The van der Waals surface area contributed by atoms with E-state index in [-0.39, 0.29) is 0 Å². The molecular weight excluding hydrogens is 230 g/mol. The molecule has 0 aromatic carbocycles. The van der Waals surface area contributed by atoms with Crippen molar-refractivity contribution in [1.29, 1.82) is 0 Å². The van der Waals surface area contributed by atoms with Crippen LogP contribution in [0.25, 0.3) is 0 Å². The van der Waals surface area contributed by atoms with Crippen LogP contribution >= 0.6 is 0 Å². The zero-order valence-corrected chi connectivity index (χ0v) is 11.1. The van der Waals surface area contributed by atoms with Crippen molar-refractivity contribution in [2.75, 3.05) is 13.2 Å². The van der Waals surface area contributed by atoms with Crippen molar-refractivity contribution in [3.05, 3.63) is 0 Å². The molecule has 0 heterocycles. The summed E-state index contributed by atoms with van der Waals surface area (Å²) in [6.45, 7) is 1.38. The highest BCUT2D eigenvalue weighted by Gasteiger charge is 2.27. The van der Waals surface area contributed by atoms with E-state index < -0.39 is 12.0 Å². The monoisotopic (exact) mass is 255 g/mol. The number of hydrogen-bond acceptors (Lipinski definition) is 3. The average Bonchev–Trinajstić information content (AvgIpc) is 3.18. The fourth-order valence-corrected chi connectivity index (χ4v) is 2.62. The fourth-order valence-electron chi connectivity index (χ4n) is 2.62. The molecule has 1 atom stereocenters. The van der Waals surface area contributed by atoms with Crippen molar-refractivity contribution in [3.63, 3.8) is 0 Å². The molecule has 0 saturated heterocycles. The number of carbonyl (C=O) groups is 1. The van der Waals surface area contributed by atoms with Gasteiger partial charge in [0, 0.05) is 19.3 Å². The molecule has 4 heteroatoms. The van der Waals surface area contributed by atoms with Crippen molar-refractivity contribution in [2.45, 2.75) is 63.5 Å². The van der Waals surface area contributed by atoms with Crippen LogP contribution < -0.4 is 5.32 Å². The van der Waals surface area contributed by atoms with E-state index in [4.69, 9.17) is 9.84 Å². The van der Waals surface area contributed by atoms with Gasteiger partial charge in [-0.05, 0) is 38.0 Å². The lowest BCUT2D eigenvalue weighted by Crippen LogP contribution is -2.39. The first-order valence-electron chi connectivity index (χ1n) is 7.32. The summed E-state index contributed by atoms with van der Waals surface area (Å²) in [5, 5.41) is 12.2. The second-order valence-electron chi connectivity index (χ2n) is 5.70. The number of nitrogens with one attached hydrogen (secondary N) is 1. The van der Waals surface area contributed by atoms with Crippen LogP contribution in [0.4, 0.5) is 0 Å². The second-order valence-corrected chi connectivity index (χ2v) is 5.70. The number of aliphatic carboxylic acids is 1. The highest BCUT2D eigenvalue weighted by molar-refractivity contribution is 5.73. The molecule has 0 aromatic rings. The first-order valence-corrected chi connectivity index (χ1v) is 7.32. The maximum absolute atomic E-state index is 11.0. The van der Waals surface area contributed by atoms with Gasteiger partial charge in [-0.25, -0.2) is 0 Å². The molecule has 18 heavy (non-hydrogen) atoms. The summed E-state index contributed by atoms with van der Waals surface area (Å²) in [5.74, 6) is -0.0402. The summed E-state index contributed by atoms with van der Waals surface area (Å²) in [7, 11) is 0. The third kappa shape index (κ3) is 4.94. The van der Waals surface area contributed by atoms with Gasteiger partial charge in [-0.2, -0.15) is 0 Å². The summed E-state index contributed by atoms with van der Waals surface area (Å²) < 4.78 is 5.65. The first-order chi connectivity index (χ1) is 8.75. The van der Waals surface area contributed by atoms with Crippen molar-refractivity contribution >= 4 is 5.97 Å². The summed E-state index contributed by atoms with van der Waals surface area (Å²) in [6.07, 6.45) is 9.40. The average molecular weight is 255 g/mol. The molecule has 2 aliphatic rings. The van der Waals surface area contributed by atoms with E-state index in [2.05, 4.69) is 5.32 Å². The summed E-state index contributed by atoms with van der Waals surface area (Å²) in [5.41, 5.74) is 0. The Bertz CT molecular complexity index is 260. The minimum Gasteiger partial charge on any atom is -0.480 e. The van der Waals surface area contributed by atoms with Crippen molar-refractivity contribution < 1.29 is 14.6 Å². The molecule has 2 N–H and O–H groups in total. The van der Waals surface area contributed by atoms with Crippen LogP contribution in [-0.2, 0) is 9.53 Å². The zero-order chi connectivity index (χ0) is 12.8. The maximum Gasteiger partial charge on any atom is 0.320 e. The number of hydrogen-bond donors (Lipinski definition) is 2. The minimum atomic E-state index is -0.747. The van der Waals surface area contributed by atoms with Crippen LogP contribution in [-0.4, -0.2) is 36.4 Å². The predicted octanol–water partition coefficient (Wildman–Crippen LogP) is 2.18. The van der Waals surface area contributed by atoms with Gasteiger partial charge in [0.2, 0.25) is 0 Å². The van der Waals surface area contributed by atoms with Crippen molar-refractivity contribution in [1.82, 2.24) is 5.32 Å².